The summed E-state index contributed by atoms with van der Waals surface area (Å²) in [5.74, 6) is -1.29. The second kappa shape index (κ2) is 5.02. The average molecular weight is 287 g/mol. The number of anilines is 1. The minimum atomic E-state index is -1.29. The molecule has 19 heavy (non-hydrogen) atoms. The Morgan fingerprint density at radius 3 is 2.68 bits per heavy atom. The number of rotatable bonds is 3. The molecule has 0 radical (unpaired) electrons. The quantitative estimate of drug-likeness (QED) is 0.645. The zero-order chi connectivity index (χ0) is 14.2. The predicted octanol–water partition coefficient (Wildman–Crippen LogP) is 1.52. The van der Waals surface area contributed by atoms with Gasteiger partial charge in [-0.1, -0.05) is 11.6 Å². The Morgan fingerprint density at radius 2 is 2.21 bits per heavy atom. The Balaban J connectivity index is 2.53. The molecule has 7 nitrogen and oxygen atoms in total. The van der Waals surface area contributed by atoms with E-state index in [2.05, 4.69) is 0 Å². The number of hydrogen-bond donors (Lipinski definition) is 2. The second-order valence-corrected chi connectivity index (χ2v) is 4.68. The van der Waals surface area contributed by atoms with Crippen molar-refractivity contribution in [2.75, 3.05) is 18.0 Å². The summed E-state index contributed by atoms with van der Waals surface area (Å²) in [6.45, 7) is 0.719. The molecule has 2 N–H and O–H groups in total. The number of aliphatic hydroxyl groups is 1. The van der Waals surface area contributed by atoms with E-state index in [0.29, 0.717) is 13.0 Å². The Kier molecular flexibility index (Phi) is 3.59. The molecule has 0 aliphatic carbocycles. The van der Waals surface area contributed by atoms with Crippen molar-refractivity contribution in [3.63, 3.8) is 0 Å². The van der Waals surface area contributed by atoms with Crippen molar-refractivity contribution in [1.29, 1.82) is 0 Å². The van der Waals surface area contributed by atoms with Crippen LogP contribution in [0.15, 0.2) is 12.1 Å². The van der Waals surface area contributed by atoms with Gasteiger partial charge in [0.1, 0.15) is 0 Å². The molecule has 1 fully saturated rings. The van der Waals surface area contributed by atoms with Crippen molar-refractivity contribution in [3.8, 4) is 0 Å². The fourth-order valence-electron chi connectivity index (χ4n) is 2.12. The van der Waals surface area contributed by atoms with Crippen LogP contribution in [0.5, 0.6) is 0 Å². The topological polar surface area (TPSA) is 104 Å². The number of β-amino-alcohol motifs (C(OH)–C–C–N with tert-alkyl or cyclic N) is 1. The molecule has 1 aliphatic heterocycles. The van der Waals surface area contributed by atoms with Crippen LogP contribution in [0.4, 0.5) is 11.4 Å². The Hall–Kier alpha value is -1.86. The molecule has 0 saturated carbocycles. The van der Waals surface area contributed by atoms with Gasteiger partial charge in [-0.15, -0.1) is 0 Å². The molecule has 0 bridgehead atoms. The molecule has 1 heterocycles. The van der Waals surface area contributed by atoms with Crippen molar-refractivity contribution in [3.05, 3.63) is 32.8 Å². The van der Waals surface area contributed by atoms with Crippen LogP contribution >= 0.6 is 11.6 Å². The zero-order valence-corrected chi connectivity index (χ0v) is 10.5. The van der Waals surface area contributed by atoms with Crippen LogP contribution in [0.2, 0.25) is 5.02 Å². The van der Waals surface area contributed by atoms with Crippen molar-refractivity contribution < 1.29 is 19.9 Å². The number of hydrogen-bond acceptors (Lipinski definition) is 5. The van der Waals surface area contributed by atoms with Crippen LogP contribution in [-0.4, -0.2) is 40.3 Å². The number of carbonyl (C=O) groups is 1. The van der Waals surface area contributed by atoms with Gasteiger partial charge in [-0.05, 0) is 6.42 Å². The summed E-state index contributed by atoms with van der Waals surface area (Å²) in [5.41, 5.74) is -0.379. The first-order valence-electron chi connectivity index (χ1n) is 5.54. The second-order valence-electron chi connectivity index (χ2n) is 4.27. The number of carboxylic acid groups (broad SMARTS) is 1. The first-order chi connectivity index (χ1) is 8.90. The molecule has 102 valence electrons. The van der Waals surface area contributed by atoms with Gasteiger partial charge in [0.05, 0.1) is 27.3 Å². The highest BCUT2D eigenvalue weighted by Crippen LogP contribution is 2.36. The molecular weight excluding hydrogens is 276 g/mol. The van der Waals surface area contributed by atoms with Gasteiger partial charge in [-0.25, -0.2) is 4.79 Å². The summed E-state index contributed by atoms with van der Waals surface area (Å²) in [7, 11) is 0. The predicted molar refractivity (Wildman–Crippen MR) is 67.9 cm³/mol. The summed E-state index contributed by atoms with van der Waals surface area (Å²) < 4.78 is 0. The molecule has 8 heteroatoms. The third-order valence-electron chi connectivity index (χ3n) is 2.97. The van der Waals surface area contributed by atoms with Crippen molar-refractivity contribution in [2.45, 2.75) is 12.5 Å². The highest BCUT2D eigenvalue weighted by atomic mass is 35.5. The number of aliphatic hydroxyl groups excluding tert-OH is 1. The van der Waals surface area contributed by atoms with E-state index in [4.69, 9.17) is 16.7 Å². The van der Waals surface area contributed by atoms with Crippen molar-refractivity contribution >= 4 is 28.9 Å². The normalized spacial score (nSPS) is 18.6. The van der Waals surface area contributed by atoms with Gasteiger partial charge in [0, 0.05) is 25.2 Å². The lowest BCUT2D eigenvalue weighted by atomic mass is 10.1. The standard InChI is InChI=1S/C11H11ClN2O5/c12-9-4-6(14(18)19)3-8(11(16)17)10(9)13-2-1-7(15)5-13/h3-4,7,15H,1-2,5H2,(H,16,17). The number of aromatic carboxylic acids is 1. The van der Waals surface area contributed by atoms with E-state index in [-0.39, 0.29) is 28.5 Å². The van der Waals surface area contributed by atoms with Crippen LogP contribution < -0.4 is 4.90 Å². The van der Waals surface area contributed by atoms with Gasteiger partial charge in [0.2, 0.25) is 0 Å². The monoisotopic (exact) mass is 286 g/mol. The highest BCUT2D eigenvalue weighted by molar-refractivity contribution is 6.34. The SMILES string of the molecule is O=C(O)c1cc([N+](=O)[O-])cc(Cl)c1N1CCC(O)C1. The Labute approximate surface area is 113 Å². The van der Waals surface area contributed by atoms with Gasteiger partial charge in [0.25, 0.3) is 5.69 Å². The van der Waals surface area contributed by atoms with Crippen LogP contribution in [0, 0.1) is 10.1 Å². The third-order valence-corrected chi connectivity index (χ3v) is 3.26. The summed E-state index contributed by atoms with van der Waals surface area (Å²) in [4.78, 5) is 22.9. The largest absolute Gasteiger partial charge is 0.478 e. The molecule has 2 rings (SSSR count). The van der Waals surface area contributed by atoms with E-state index in [1.807, 2.05) is 0 Å². The van der Waals surface area contributed by atoms with Crippen molar-refractivity contribution in [1.82, 2.24) is 0 Å². The van der Waals surface area contributed by atoms with E-state index in [1.54, 1.807) is 4.90 Å². The highest BCUT2D eigenvalue weighted by Gasteiger charge is 2.28. The summed E-state index contributed by atoms with van der Waals surface area (Å²) in [6, 6.07) is 2.10. The lowest BCUT2D eigenvalue weighted by Gasteiger charge is -2.21. The lowest BCUT2D eigenvalue weighted by molar-refractivity contribution is -0.384. The summed E-state index contributed by atoms with van der Waals surface area (Å²) in [6.07, 6.45) is -0.0419. The molecular formula is C11H11ClN2O5. The molecule has 1 aromatic rings. The third kappa shape index (κ3) is 2.61. The number of non-ortho nitro benzene ring substituents is 1. The maximum Gasteiger partial charge on any atom is 0.338 e. The van der Waals surface area contributed by atoms with E-state index < -0.39 is 17.0 Å². The average Bonchev–Trinajstić information content (AvgIpc) is 2.74. The van der Waals surface area contributed by atoms with Gasteiger partial charge in [-0.3, -0.25) is 10.1 Å². The van der Waals surface area contributed by atoms with E-state index in [1.165, 1.54) is 0 Å². The fourth-order valence-corrected chi connectivity index (χ4v) is 2.45. The van der Waals surface area contributed by atoms with Crippen LogP contribution in [-0.2, 0) is 0 Å². The maximum atomic E-state index is 11.2. The van der Waals surface area contributed by atoms with Gasteiger partial charge < -0.3 is 15.1 Å². The number of carboxylic acids is 1. The molecule has 1 unspecified atom stereocenters. The summed E-state index contributed by atoms with van der Waals surface area (Å²) >= 11 is 5.96. The maximum absolute atomic E-state index is 11.2. The molecule has 0 amide bonds. The van der Waals surface area contributed by atoms with Crippen LogP contribution in [0.25, 0.3) is 0 Å². The minimum Gasteiger partial charge on any atom is -0.478 e. The Morgan fingerprint density at radius 1 is 1.53 bits per heavy atom. The van der Waals surface area contributed by atoms with E-state index in [0.717, 1.165) is 12.1 Å². The molecule has 1 aliphatic rings. The molecule has 1 saturated heterocycles. The Bertz CT molecular complexity index is 548. The number of benzene rings is 1. The lowest BCUT2D eigenvalue weighted by Crippen LogP contribution is -2.24. The van der Waals surface area contributed by atoms with E-state index in [9.17, 15) is 20.0 Å². The number of nitrogens with zero attached hydrogens (tertiary/aromatic N) is 2. The first kappa shape index (κ1) is 13.6. The summed E-state index contributed by atoms with van der Waals surface area (Å²) in [5, 5.41) is 29.3. The van der Waals surface area contributed by atoms with Crippen LogP contribution in [0.1, 0.15) is 16.8 Å². The molecule has 0 aromatic heterocycles. The molecule has 1 atom stereocenters. The molecule has 0 spiro atoms. The smallest absolute Gasteiger partial charge is 0.338 e. The van der Waals surface area contributed by atoms with Gasteiger partial charge in [0.15, 0.2) is 0 Å². The van der Waals surface area contributed by atoms with Crippen molar-refractivity contribution in [2.24, 2.45) is 0 Å². The van der Waals surface area contributed by atoms with Crippen LogP contribution in [0.3, 0.4) is 0 Å². The first-order valence-corrected chi connectivity index (χ1v) is 5.92. The van der Waals surface area contributed by atoms with Gasteiger partial charge in [-0.2, -0.15) is 0 Å². The zero-order valence-electron chi connectivity index (χ0n) is 9.74. The number of nitro groups is 1. The molecule has 1 aromatic carbocycles. The fraction of sp³-hybridized carbons (Fsp3) is 0.364. The van der Waals surface area contributed by atoms with E-state index >= 15 is 0 Å². The number of halogens is 1. The van der Waals surface area contributed by atoms with Gasteiger partial charge >= 0.3 is 5.97 Å². The minimum absolute atomic E-state index is 0.000648. The number of nitro benzene ring substituents is 1.